The minimum absolute atomic E-state index is 0.683. The summed E-state index contributed by atoms with van der Waals surface area (Å²) >= 11 is 1.75. The molecule has 1 saturated heterocycles. The second-order valence-corrected chi connectivity index (χ2v) is 7.91. The van der Waals surface area contributed by atoms with Crippen LogP contribution in [-0.2, 0) is 13.0 Å². The Hall–Kier alpha value is -2.48. The van der Waals surface area contributed by atoms with Gasteiger partial charge < -0.3 is 24.6 Å². The molecule has 8 heteroatoms. The Morgan fingerprint density at radius 2 is 2.07 bits per heavy atom. The highest BCUT2D eigenvalue weighted by Crippen LogP contribution is 2.26. The number of hydrogen-bond acceptors (Lipinski definition) is 6. The normalized spacial score (nSPS) is 14.2. The van der Waals surface area contributed by atoms with Gasteiger partial charge in [-0.1, -0.05) is 0 Å². The number of benzene rings is 1. The Kier molecular flexibility index (Phi) is 7.57. The molecule has 1 aliphatic rings. The number of nitrogens with one attached hydrogen (secondary N) is 1. The molecule has 1 aromatic carbocycles. The summed E-state index contributed by atoms with van der Waals surface area (Å²) in [6, 6.07) is 5.87. The fourth-order valence-corrected chi connectivity index (χ4v) is 4.38. The molecule has 0 saturated carbocycles. The lowest BCUT2D eigenvalue weighted by atomic mass is 10.2. The summed E-state index contributed by atoms with van der Waals surface area (Å²) in [5, 5.41) is 6.77. The van der Waals surface area contributed by atoms with Crippen molar-refractivity contribution in [3.05, 3.63) is 34.8 Å². The number of aromatic nitrogens is 1. The summed E-state index contributed by atoms with van der Waals surface area (Å²) in [6.45, 7) is 3.75. The monoisotopic (exact) mass is 417 g/mol. The van der Waals surface area contributed by atoms with E-state index in [4.69, 9.17) is 14.5 Å². The molecule has 0 bridgehead atoms. The van der Waals surface area contributed by atoms with E-state index in [1.807, 2.05) is 25.2 Å². The zero-order chi connectivity index (χ0) is 20.6. The van der Waals surface area contributed by atoms with Gasteiger partial charge in [0.2, 0.25) is 0 Å². The van der Waals surface area contributed by atoms with Crippen LogP contribution in [0.15, 0.2) is 28.6 Å². The lowest BCUT2D eigenvalue weighted by Crippen LogP contribution is -2.39. The Labute approximate surface area is 177 Å². The van der Waals surface area contributed by atoms with E-state index in [1.165, 1.54) is 12.8 Å². The quantitative estimate of drug-likeness (QED) is 0.526. The SMILES string of the molecule is CN=C(NCCc1csc(N2CCCC2)n1)N(C)Cc1ccc(OC)cc1OC. The van der Waals surface area contributed by atoms with E-state index in [-0.39, 0.29) is 0 Å². The third-order valence-electron chi connectivity index (χ3n) is 5.06. The molecule has 0 amide bonds. The predicted molar refractivity (Wildman–Crippen MR) is 120 cm³/mol. The maximum absolute atomic E-state index is 5.51. The van der Waals surface area contributed by atoms with Gasteiger partial charge >= 0.3 is 0 Å². The molecule has 158 valence electrons. The van der Waals surface area contributed by atoms with Crippen LogP contribution < -0.4 is 19.7 Å². The van der Waals surface area contributed by atoms with Crippen molar-refractivity contribution >= 4 is 22.4 Å². The first-order chi connectivity index (χ1) is 14.1. The standard InChI is InChI=1S/C21H31N5O2S/c1-22-20(25(2)14-16-7-8-18(27-3)13-19(16)28-4)23-10-9-17-15-29-21(24-17)26-11-5-6-12-26/h7-8,13,15H,5-6,9-12,14H2,1-4H3,(H,22,23). The third kappa shape index (κ3) is 5.53. The highest BCUT2D eigenvalue weighted by molar-refractivity contribution is 7.13. The molecule has 0 aliphatic carbocycles. The highest BCUT2D eigenvalue weighted by Gasteiger charge is 2.16. The Morgan fingerprint density at radius 3 is 2.76 bits per heavy atom. The van der Waals surface area contributed by atoms with Crippen LogP contribution in [0.25, 0.3) is 0 Å². The fourth-order valence-electron chi connectivity index (χ4n) is 3.46. The molecule has 1 aliphatic heterocycles. The summed E-state index contributed by atoms with van der Waals surface area (Å²) in [7, 11) is 7.16. The number of anilines is 1. The average Bonchev–Trinajstić information content (AvgIpc) is 3.43. The van der Waals surface area contributed by atoms with Gasteiger partial charge in [0.05, 0.1) is 19.9 Å². The van der Waals surface area contributed by atoms with Crippen molar-refractivity contribution in [2.45, 2.75) is 25.8 Å². The highest BCUT2D eigenvalue weighted by atomic mass is 32.1. The molecule has 2 aromatic rings. The lowest BCUT2D eigenvalue weighted by Gasteiger charge is -2.23. The number of aliphatic imine (C=N–C) groups is 1. The van der Waals surface area contributed by atoms with E-state index in [2.05, 4.69) is 25.5 Å². The first-order valence-corrected chi connectivity index (χ1v) is 10.8. The van der Waals surface area contributed by atoms with E-state index >= 15 is 0 Å². The van der Waals surface area contributed by atoms with Gasteiger partial charge in [0, 0.05) is 63.7 Å². The van der Waals surface area contributed by atoms with Crippen LogP contribution >= 0.6 is 11.3 Å². The van der Waals surface area contributed by atoms with Crippen LogP contribution in [0.5, 0.6) is 11.5 Å². The topological polar surface area (TPSA) is 62.2 Å². The summed E-state index contributed by atoms with van der Waals surface area (Å²) in [5.41, 5.74) is 2.22. The molecule has 1 aromatic heterocycles. The Balaban J connectivity index is 1.52. The summed E-state index contributed by atoms with van der Waals surface area (Å²) in [6.07, 6.45) is 3.43. The van der Waals surface area contributed by atoms with Gasteiger partial charge in [-0.25, -0.2) is 4.98 Å². The molecule has 0 radical (unpaired) electrons. The number of rotatable bonds is 8. The van der Waals surface area contributed by atoms with Gasteiger partial charge in [0.1, 0.15) is 11.5 Å². The largest absolute Gasteiger partial charge is 0.497 e. The number of nitrogens with zero attached hydrogens (tertiary/aromatic N) is 4. The smallest absolute Gasteiger partial charge is 0.193 e. The molecule has 7 nitrogen and oxygen atoms in total. The van der Waals surface area contributed by atoms with Crippen LogP contribution in [0.4, 0.5) is 5.13 Å². The second-order valence-electron chi connectivity index (χ2n) is 7.07. The van der Waals surface area contributed by atoms with Gasteiger partial charge in [0.25, 0.3) is 0 Å². The molecule has 0 spiro atoms. The van der Waals surface area contributed by atoms with Crippen molar-refractivity contribution in [3.8, 4) is 11.5 Å². The van der Waals surface area contributed by atoms with Crippen LogP contribution in [0.2, 0.25) is 0 Å². The van der Waals surface area contributed by atoms with Crippen LogP contribution in [0, 0.1) is 0 Å². The second kappa shape index (κ2) is 10.3. The number of thiazole rings is 1. The maximum atomic E-state index is 5.51. The summed E-state index contributed by atoms with van der Waals surface area (Å²) < 4.78 is 10.8. The van der Waals surface area contributed by atoms with Crippen LogP contribution in [0.1, 0.15) is 24.1 Å². The molecule has 2 heterocycles. The number of ether oxygens (including phenoxy) is 2. The van der Waals surface area contributed by atoms with Crippen molar-refractivity contribution in [1.29, 1.82) is 0 Å². The fraction of sp³-hybridized carbons (Fsp3) is 0.524. The van der Waals surface area contributed by atoms with Gasteiger partial charge in [-0.3, -0.25) is 4.99 Å². The average molecular weight is 418 g/mol. The number of hydrogen-bond donors (Lipinski definition) is 1. The molecule has 1 fully saturated rings. The van der Waals surface area contributed by atoms with Crippen molar-refractivity contribution in [1.82, 2.24) is 15.2 Å². The third-order valence-corrected chi connectivity index (χ3v) is 6.01. The van der Waals surface area contributed by atoms with Crippen molar-refractivity contribution in [3.63, 3.8) is 0 Å². The molecule has 3 rings (SSSR count). The minimum Gasteiger partial charge on any atom is -0.497 e. The van der Waals surface area contributed by atoms with E-state index in [9.17, 15) is 0 Å². The molecule has 0 unspecified atom stereocenters. The molecule has 29 heavy (non-hydrogen) atoms. The first-order valence-electron chi connectivity index (χ1n) is 9.96. The van der Waals surface area contributed by atoms with E-state index < -0.39 is 0 Å². The summed E-state index contributed by atoms with van der Waals surface area (Å²) in [4.78, 5) is 13.7. The van der Waals surface area contributed by atoms with Crippen molar-refractivity contribution in [2.24, 2.45) is 4.99 Å². The Morgan fingerprint density at radius 1 is 1.28 bits per heavy atom. The summed E-state index contributed by atoms with van der Waals surface area (Å²) in [5.74, 6) is 2.44. The predicted octanol–water partition coefficient (Wildman–Crippen LogP) is 3.01. The van der Waals surface area contributed by atoms with Gasteiger partial charge in [-0.05, 0) is 25.0 Å². The van der Waals surface area contributed by atoms with E-state index in [0.29, 0.717) is 6.54 Å². The van der Waals surface area contributed by atoms with Gasteiger partial charge in [-0.15, -0.1) is 11.3 Å². The molecule has 0 atom stereocenters. The molecular formula is C21H31N5O2S. The zero-order valence-corrected chi connectivity index (χ0v) is 18.6. The minimum atomic E-state index is 0.683. The molecule has 1 N–H and O–H groups in total. The Bertz CT molecular complexity index is 817. The van der Waals surface area contributed by atoms with Gasteiger partial charge in [0.15, 0.2) is 11.1 Å². The van der Waals surface area contributed by atoms with E-state index in [1.54, 1.807) is 32.6 Å². The molecular weight excluding hydrogens is 386 g/mol. The zero-order valence-electron chi connectivity index (χ0n) is 17.8. The van der Waals surface area contributed by atoms with Crippen molar-refractivity contribution < 1.29 is 9.47 Å². The van der Waals surface area contributed by atoms with Crippen molar-refractivity contribution in [2.75, 3.05) is 52.8 Å². The van der Waals surface area contributed by atoms with Crippen LogP contribution in [-0.4, -0.2) is 63.8 Å². The number of methoxy groups -OCH3 is 2. The first kappa shape index (κ1) is 21.2. The number of guanidine groups is 1. The van der Waals surface area contributed by atoms with Gasteiger partial charge in [-0.2, -0.15) is 0 Å². The maximum Gasteiger partial charge on any atom is 0.193 e. The van der Waals surface area contributed by atoms with E-state index in [0.717, 1.165) is 59.9 Å². The lowest BCUT2D eigenvalue weighted by molar-refractivity contribution is 0.382. The van der Waals surface area contributed by atoms with Crippen LogP contribution in [0.3, 0.4) is 0 Å².